The monoisotopic (exact) mass is 797 g/mol. The van der Waals surface area contributed by atoms with Gasteiger partial charge in [-0.15, -0.1) is 0 Å². The lowest BCUT2D eigenvalue weighted by atomic mass is 9.94. The third-order valence-corrected chi connectivity index (χ3v) is 11.8. The molecule has 0 atom stereocenters. The second-order valence-electron chi connectivity index (χ2n) is 15.4. The third-order valence-electron chi connectivity index (χ3n) is 11.8. The maximum absolute atomic E-state index is 9.72. The number of fused-ring (bicyclic) bond motifs is 7. The Morgan fingerprint density at radius 1 is 0.290 bits per heavy atom. The van der Waals surface area contributed by atoms with Crippen molar-refractivity contribution < 1.29 is 15.4 Å². The van der Waals surface area contributed by atoms with E-state index in [0.717, 1.165) is 76.5 Å². The van der Waals surface area contributed by atoms with Crippen molar-refractivity contribution in [2.45, 2.75) is 0 Å². The Balaban J connectivity index is 1.04. The molecule has 1 heterocycles. The molecule has 62 heavy (non-hydrogen) atoms. The fourth-order valence-corrected chi connectivity index (χ4v) is 8.84. The van der Waals surface area contributed by atoms with Gasteiger partial charge in [0, 0.05) is 27.8 Å². The topological polar surface area (TPSA) is 16.4 Å². The number of nitrogens with zero attached hydrogens (tertiary/aromatic N) is 1. The number of hydrogen-bond acceptors (Lipinski definition) is 2. The molecular weight excluding hydrogens is 751 g/mol. The first-order chi connectivity index (χ1) is 34.1. The minimum atomic E-state index is -0.408. The summed E-state index contributed by atoms with van der Waals surface area (Å²) in [7, 11) is 0. The first-order valence-corrected chi connectivity index (χ1v) is 20.6. The number of para-hydroxylation sites is 1. The summed E-state index contributed by atoms with van der Waals surface area (Å²) < 4.78 is 83.2. The van der Waals surface area contributed by atoms with E-state index in [1.807, 2.05) is 140 Å². The minimum Gasteiger partial charge on any atom is -0.456 e. The number of rotatable bonds is 7. The van der Waals surface area contributed by atoms with Crippen molar-refractivity contribution in [3.8, 4) is 44.5 Å². The van der Waals surface area contributed by atoms with E-state index in [2.05, 4.69) is 18.2 Å². The smallest absolute Gasteiger partial charge is 0.136 e. The second kappa shape index (κ2) is 14.8. The summed E-state index contributed by atoms with van der Waals surface area (Å²) in [6, 6.07) is 57.3. The molecule has 0 spiro atoms. The zero-order chi connectivity index (χ0) is 47.9. The molecule has 0 radical (unpaired) electrons. The summed E-state index contributed by atoms with van der Waals surface area (Å²) in [5, 5.41) is 7.76. The molecule has 1 aromatic heterocycles. The standard InChI is InChI=1S/C60H39NO/c1-3-13-50-42(10-1)12-7-16-51(50)44-24-22-40(23-25-44)41-26-33-47(34-27-41)61(49-37-30-46(31-38-49)54-18-9-21-59-60(54)57-15-5-6-20-58(57)62-59)48-35-28-45(29-36-48)53-17-8-19-55-52-14-4-2-11-43(52)32-39-56(53)55/h1-39H/i26D,27D,28D,29D,33D,34D,35D,36D. The summed E-state index contributed by atoms with van der Waals surface area (Å²) in [6.45, 7) is 0. The number of furan rings is 1. The van der Waals surface area contributed by atoms with Crippen molar-refractivity contribution in [3.05, 3.63) is 236 Å². The normalized spacial score (nSPS) is 13.4. The van der Waals surface area contributed by atoms with Crippen LogP contribution >= 0.6 is 0 Å². The van der Waals surface area contributed by atoms with Crippen molar-refractivity contribution in [3.63, 3.8) is 0 Å². The van der Waals surface area contributed by atoms with Crippen LogP contribution in [0, 0.1) is 0 Å². The van der Waals surface area contributed by atoms with Gasteiger partial charge in [-0.25, -0.2) is 0 Å². The molecular formula is C60H39NO. The summed E-state index contributed by atoms with van der Waals surface area (Å²) in [5.74, 6) is 0. The SMILES string of the molecule is [2H]c1c([2H])c(N(c2ccc(-c3cccc4oc5ccccc5c34)cc2)c2c([2H])c([2H])c(-c3cccc4c3ccc3ccccc34)c([2H])c2[2H])c([2H])c([2H])c1-c1ccc(-c2cccc3ccccc23)cc1. The van der Waals surface area contributed by atoms with Gasteiger partial charge in [0.25, 0.3) is 0 Å². The Hall–Kier alpha value is -8.20. The van der Waals surface area contributed by atoms with Crippen LogP contribution in [-0.2, 0) is 0 Å². The van der Waals surface area contributed by atoms with Gasteiger partial charge < -0.3 is 9.32 Å². The van der Waals surface area contributed by atoms with Gasteiger partial charge in [0.2, 0.25) is 0 Å². The molecule has 0 aliphatic carbocycles. The molecule has 0 aliphatic heterocycles. The van der Waals surface area contributed by atoms with Gasteiger partial charge in [0.05, 0.1) is 11.0 Å². The first-order valence-electron chi connectivity index (χ1n) is 24.6. The van der Waals surface area contributed by atoms with E-state index in [4.69, 9.17) is 4.42 Å². The molecule has 0 amide bonds. The molecule has 0 saturated heterocycles. The van der Waals surface area contributed by atoms with E-state index in [1.165, 1.54) is 4.90 Å². The van der Waals surface area contributed by atoms with Crippen LogP contribution in [0.4, 0.5) is 17.1 Å². The number of hydrogen-bond donors (Lipinski definition) is 0. The maximum Gasteiger partial charge on any atom is 0.136 e. The lowest BCUT2D eigenvalue weighted by Crippen LogP contribution is -2.09. The van der Waals surface area contributed by atoms with E-state index < -0.39 is 24.2 Å². The average molecular weight is 798 g/mol. The summed E-state index contributed by atoms with van der Waals surface area (Å²) in [4.78, 5) is 1.35. The zero-order valence-corrected chi connectivity index (χ0v) is 33.3. The van der Waals surface area contributed by atoms with Gasteiger partial charge in [0.15, 0.2) is 0 Å². The molecule has 2 nitrogen and oxygen atoms in total. The van der Waals surface area contributed by atoms with E-state index in [-0.39, 0.29) is 46.7 Å². The second-order valence-corrected chi connectivity index (χ2v) is 15.4. The highest BCUT2D eigenvalue weighted by molar-refractivity contribution is 6.13. The van der Waals surface area contributed by atoms with Crippen molar-refractivity contribution >= 4 is 71.3 Å². The van der Waals surface area contributed by atoms with Crippen LogP contribution in [0.5, 0.6) is 0 Å². The lowest BCUT2D eigenvalue weighted by Gasteiger charge is -2.26. The Labute approximate surface area is 371 Å². The van der Waals surface area contributed by atoms with Gasteiger partial charge in [-0.1, -0.05) is 188 Å². The van der Waals surface area contributed by atoms with Crippen molar-refractivity contribution in [2.75, 3.05) is 4.90 Å². The number of benzene rings is 11. The fraction of sp³-hybridized carbons (Fsp3) is 0. The van der Waals surface area contributed by atoms with Crippen LogP contribution < -0.4 is 4.90 Å². The molecule has 0 aliphatic rings. The Bertz CT molecular complexity index is 4050. The molecule has 290 valence electrons. The van der Waals surface area contributed by atoms with Gasteiger partial charge in [-0.3, -0.25) is 0 Å². The zero-order valence-electron chi connectivity index (χ0n) is 41.3. The van der Waals surface area contributed by atoms with Crippen LogP contribution in [-0.4, -0.2) is 0 Å². The van der Waals surface area contributed by atoms with Gasteiger partial charge in [-0.2, -0.15) is 0 Å². The molecule has 0 unspecified atom stereocenters. The largest absolute Gasteiger partial charge is 0.456 e. The predicted molar refractivity (Wildman–Crippen MR) is 263 cm³/mol. The van der Waals surface area contributed by atoms with Crippen molar-refractivity contribution in [1.82, 2.24) is 0 Å². The van der Waals surface area contributed by atoms with E-state index in [0.29, 0.717) is 16.8 Å². The Morgan fingerprint density at radius 2 is 0.790 bits per heavy atom. The fourth-order valence-electron chi connectivity index (χ4n) is 8.84. The average Bonchev–Trinajstić information content (AvgIpc) is 3.79. The molecule has 0 saturated carbocycles. The highest BCUT2D eigenvalue weighted by Crippen LogP contribution is 2.41. The van der Waals surface area contributed by atoms with Crippen LogP contribution in [0.15, 0.2) is 241 Å². The van der Waals surface area contributed by atoms with Crippen molar-refractivity contribution in [1.29, 1.82) is 0 Å². The summed E-state index contributed by atoms with van der Waals surface area (Å²) in [5.41, 5.74) is 6.26. The van der Waals surface area contributed by atoms with E-state index >= 15 is 0 Å². The van der Waals surface area contributed by atoms with Crippen molar-refractivity contribution in [2.24, 2.45) is 0 Å². The first kappa shape index (κ1) is 28.3. The predicted octanol–water partition coefficient (Wildman–Crippen LogP) is 17.2. The Kier molecular flexibility index (Phi) is 6.76. The quantitative estimate of drug-likeness (QED) is 0.149. The minimum absolute atomic E-state index is 0.0948. The van der Waals surface area contributed by atoms with Gasteiger partial charge in [-0.05, 0) is 125 Å². The molecule has 0 fully saturated rings. The highest BCUT2D eigenvalue weighted by atomic mass is 16.3. The molecule has 0 N–H and O–H groups in total. The maximum atomic E-state index is 9.72. The van der Waals surface area contributed by atoms with E-state index in [9.17, 15) is 11.0 Å². The molecule has 12 aromatic rings. The van der Waals surface area contributed by atoms with Crippen LogP contribution in [0.1, 0.15) is 11.0 Å². The van der Waals surface area contributed by atoms with Gasteiger partial charge in [0.1, 0.15) is 11.2 Å². The van der Waals surface area contributed by atoms with Crippen LogP contribution in [0.2, 0.25) is 0 Å². The molecule has 12 rings (SSSR count). The summed E-state index contributed by atoms with van der Waals surface area (Å²) in [6.07, 6.45) is 0. The molecule has 11 aromatic carbocycles. The van der Waals surface area contributed by atoms with Crippen LogP contribution in [0.25, 0.3) is 98.8 Å². The number of anilines is 3. The summed E-state index contributed by atoms with van der Waals surface area (Å²) >= 11 is 0. The Morgan fingerprint density at radius 3 is 1.55 bits per heavy atom. The van der Waals surface area contributed by atoms with Gasteiger partial charge >= 0.3 is 0 Å². The lowest BCUT2D eigenvalue weighted by molar-refractivity contribution is 0.669. The molecule has 2 heteroatoms. The highest BCUT2D eigenvalue weighted by Gasteiger charge is 2.17. The van der Waals surface area contributed by atoms with E-state index in [1.54, 1.807) is 30.3 Å². The third kappa shape index (κ3) is 6.12. The van der Waals surface area contributed by atoms with Crippen LogP contribution in [0.3, 0.4) is 0 Å². The molecule has 0 bridgehead atoms.